The molecular formula is C97H125N17O9S2. The van der Waals surface area contributed by atoms with Gasteiger partial charge in [-0.1, -0.05) is 146 Å². The van der Waals surface area contributed by atoms with Crippen LogP contribution >= 0.6 is 23.5 Å². The zero-order valence-corrected chi connectivity index (χ0v) is 73.8. The number of rotatable bonds is 28. The number of aliphatic hydroxyl groups excluding tert-OH is 1. The van der Waals surface area contributed by atoms with E-state index in [9.17, 15) is 9.90 Å². The number of hydrogen-bond donors (Lipinski definition) is 15. The topological polar surface area (TPSA) is 386 Å². The molecule has 0 saturated carbocycles. The largest absolute Gasteiger partial charge is 0.391 e. The van der Waals surface area contributed by atoms with Gasteiger partial charge in [-0.3, -0.25) is 48.7 Å². The zero-order valence-electron chi connectivity index (χ0n) is 72.2. The first kappa shape index (κ1) is 90.9. The van der Waals surface area contributed by atoms with Crippen LogP contribution in [0.2, 0.25) is 0 Å². The number of piperidine rings is 2. The van der Waals surface area contributed by atoms with E-state index in [-0.39, 0.29) is 76.2 Å². The lowest BCUT2D eigenvalue weighted by molar-refractivity contribution is -0.136. The Balaban J connectivity index is 0.795. The molecule has 3 aliphatic heterocycles. The summed E-state index contributed by atoms with van der Waals surface area (Å²) in [5.74, 6) is -0.713. The average molecular weight is 1740 g/mol. The molecule has 26 nitrogen and oxygen atoms in total. The Labute approximate surface area is 741 Å². The van der Waals surface area contributed by atoms with Crippen molar-refractivity contribution in [3.05, 3.63) is 215 Å². The maximum absolute atomic E-state index is 16.3. The van der Waals surface area contributed by atoms with E-state index in [1.807, 2.05) is 127 Å². The molecule has 664 valence electrons. The van der Waals surface area contributed by atoms with Gasteiger partial charge in [0.1, 0.15) is 36.3 Å². The van der Waals surface area contributed by atoms with Gasteiger partial charge in [-0.25, -0.2) is 0 Å². The number of aromatic amines is 3. The van der Waals surface area contributed by atoms with E-state index in [1.165, 1.54) is 51.0 Å². The van der Waals surface area contributed by atoms with Crippen molar-refractivity contribution >= 4 is 109 Å². The summed E-state index contributed by atoms with van der Waals surface area (Å²) in [6.45, 7) is 4.81. The smallest absolute Gasteiger partial charge is 0.245 e. The summed E-state index contributed by atoms with van der Waals surface area (Å²) in [4.78, 5) is 142. The highest BCUT2D eigenvalue weighted by Crippen LogP contribution is 2.47. The number of likely N-dealkylation sites (N-methyl/N-ethyl adjacent to an activating group) is 2. The number of aliphatic hydroxyl groups is 1. The van der Waals surface area contributed by atoms with Crippen molar-refractivity contribution in [2.75, 3.05) is 76.4 Å². The molecule has 0 spiro atoms. The summed E-state index contributed by atoms with van der Waals surface area (Å²) >= 11 is 3.82. The molecule has 28 heteroatoms. The van der Waals surface area contributed by atoms with Crippen LogP contribution in [0.1, 0.15) is 140 Å². The lowest BCUT2D eigenvalue weighted by Crippen LogP contribution is -2.62. The summed E-state index contributed by atoms with van der Waals surface area (Å²) in [6, 6.07) is 38.8. The van der Waals surface area contributed by atoms with Crippen molar-refractivity contribution < 1.29 is 43.5 Å². The molecular weight excluding hydrogens is 1610 g/mol. The number of carbonyl (C=O) groups is 8. The van der Waals surface area contributed by atoms with E-state index in [1.54, 1.807) is 18.3 Å². The van der Waals surface area contributed by atoms with Gasteiger partial charge in [0.15, 0.2) is 11.7 Å². The van der Waals surface area contributed by atoms with Crippen LogP contribution in [-0.4, -0.2) is 231 Å². The number of guanidine groups is 1. The summed E-state index contributed by atoms with van der Waals surface area (Å²) in [6.07, 6.45) is 11.5. The maximum Gasteiger partial charge on any atom is 0.245 e. The standard InChI is InChI=1S/C97H125N17O9S2/c1-60(115)89-96(123)107-79(47-61-23-8-4-9-24-61)86(116)38-15-7-14-37-83(114(41-43-124-58-64-45-72-70-30-20-34-75-87(70)67(54-103-75)51-84(72)112(2)56-64)42-44-125-59-65-46-73-71-31-21-35-76-88(71)68(55-104-76)52-85(73)113(3)57-65)95(122)106-78(36-22-40-101-97(99)100)90(117)108-80(48-62-25-10-5-11-26-62)92(119)109-81(49-63-27-12-6-13-28-63)93(120)110-82(50-66-53-102-74-32-17-16-29-69(66)74)94(121)105-77(91(118)111-89)33-18-19-39-98/h4-6,8-13,16-17,20-21,23-32,34-35,53-55,60,64-65,72-73,77-85,89,102-104,115H,7,14-15,18-19,22,33,36-52,56-59,98H2,1-3H3,(H,105,121)(H,106,122)(H,107,123)(H,108,117)(H,109,119)(H,110,120)(H,111,118)(H4,99,100,101)/t60-,64-,65-,72-,73-,77+,78+,79+,80+,81+,82-,83-,84-,85-,89+/m1/s1. The quantitative estimate of drug-likeness (QED) is 0.0124. The van der Waals surface area contributed by atoms with E-state index < -0.39 is 95.8 Å². The lowest BCUT2D eigenvalue weighted by Gasteiger charge is -2.45. The molecule has 5 aliphatic rings. The van der Waals surface area contributed by atoms with Crippen molar-refractivity contribution in [2.24, 2.45) is 23.3 Å². The molecule has 6 heterocycles. The number of benzene rings is 6. The molecule has 7 amide bonds. The Morgan fingerprint density at radius 2 is 0.968 bits per heavy atom. The van der Waals surface area contributed by atoms with Crippen molar-refractivity contribution in [2.45, 2.75) is 201 Å². The third-order valence-corrected chi connectivity index (χ3v) is 28.7. The van der Waals surface area contributed by atoms with E-state index in [0.29, 0.717) is 116 Å². The van der Waals surface area contributed by atoms with Crippen molar-refractivity contribution in [3.8, 4) is 0 Å². The predicted octanol–water partition coefficient (Wildman–Crippen LogP) is 8.56. The number of unbranched alkanes of at least 4 members (excludes halogenated alkanes) is 1. The number of para-hydroxylation sites is 1. The van der Waals surface area contributed by atoms with Gasteiger partial charge in [-0.2, -0.15) is 23.5 Å². The molecule has 3 saturated heterocycles. The number of carbonyl (C=O) groups excluding carboxylic acids is 8. The Bertz CT molecular complexity index is 5050. The molecule has 125 heavy (non-hydrogen) atoms. The van der Waals surface area contributed by atoms with Crippen molar-refractivity contribution in [1.29, 1.82) is 5.41 Å². The van der Waals surface area contributed by atoms with E-state index in [4.69, 9.17) is 16.9 Å². The normalized spacial score (nSPS) is 25.2. The van der Waals surface area contributed by atoms with Crippen molar-refractivity contribution in [1.82, 2.24) is 72.2 Å². The molecule has 0 radical (unpaired) electrons. The van der Waals surface area contributed by atoms with E-state index in [0.717, 1.165) is 66.7 Å². The third-order valence-electron chi connectivity index (χ3n) is 26.3. The number of ketones is 1. The van der Waals surface area contributed by atoms with Gasteiger partial charge in [-0.05, 0) is 191 Å². The summed E-state index contributed by atoms with van der Waals surface area (Å²) in [5.41, 5.74) is 23.3. The van der Waals surface area contributed by atoms with Gasteiger partial charge in [0.05, 0.1) is 18.2 Å². The van der Waals surface area contributed by atoms with Crippen LogP contribution in [0, 0.1) is 17.2 Å². The minimum Gasteiger partial charge on any atom is -0.391 e. The highest BCUT2D eigenvalue weighted by atomic mass is 32.2. The van der Waals surface area contributed by atoms with Crippen LogP contribution in [0.25, 0.3) is 32.7 Å². The molecule has 3 aromatic heterocycles. The van der Waals surface area contributed by atoms with Crippen molar-refractivity contribution in [3.63, 3.8) is 0 Å². The summed E-state index contributed by atoms with van der Waals surface area (Å²) in [7, 11) is 4.54. The van der Waals surface area contributed by atoms with Gasteiger partial charge in [0.25, 0.3) is 0 Å². The number of nitrogens with one attached hydrogen (secondary N) is 12. The molecule has 3 fully saturated rings. The number of nitrogens with two attached hydrogens (primary N) is 2. The molecule has 9 aromatic rings. The van der Waals surface area contributed by atoms with Crippen LogP contribution in [0.5, 0.6) is 0 Å². The molecule has 14 rings (SSSR count). The number of thioether (sulfide) groups is 2. The lowest BCUT2D eigenvalue weighted by atomic mass is 9.73. The second-order valence-corrected chi connectivity index (χ2v) is 37.6. The average Bonchev–Trinajstić information content (AvgIpc) is 1.66. The molecule has 0 unspecified atom stereocenters. The summed E-state index contributed by atoms with van der Waals surface area (Å²) in [5, 5.41) is 46.9. The fourth-order valence-electron chi connectivity index (χ4n) is 19.9. The fourth-order valence-corrected chi connectivity index (χ4v) is 22.1. The summed E-state index contributed by atoms with van der Waals surface area (Å²) < 4.78 is 0. The number of H-pyrrole nitrogens is 3. The first-order valence-electron chi connectivity index (χ1n) is 45.0. The Morgan fingerprint density at radius 1 is 0.512 bits per heavy atom. The SMILES string of the molecule is C[C@@H](O)[C@@H]1NC(=O)[C@H](CCCCN)NC(=O)[C@@H](Cc2c[nH]c3ccccc23)NC(=O)[C@H](Cc2ccccc2)NC(=O)[C@H](Cc2ccccc2)NC(=O)[C@H](CCCNC(=N)N)NC(=O)[C@H](N(CCSC[C@@H]2C[C@@H]3c4cccc5[nH]cc(c45)C[C@H]3N(C)C2)CCSC[C@@H]2C[C@@H]3c4cccc5[nH]cc(c45)C[C@H]3N(C)C2)CCCCCC(=O)[C@H](Cc2ccccc2)NC1=O. The van der Waals surface area contributed by atoms with Crippen LogP contribution in [0.4, 0.5) is 0 Å². The maximum atomic E-state index is 16.3. The number of aromatic nitrogens is 3. The highest BCUT2D eigenvalue weighted by Gasteiger charge is 2.43. The number of nitrogens with zero attached hydrogens (tertiary/aromatic N) is 3. The fraction of sp³-hybridized carbons (Fsp3) is 0.474. The molecule has 6 aromatic carbocycles. The monoisotopic (exact) mass is 1740 g/mol. The zero-order chi connectivity index (χ0) is 87.5. The number of fused-ring (bicyclic) bond motifs is 5. The molecule has 15 atom stereocenters. The minimum absolute atomic E-state index is 0.0308. The first-order chi connectivity index (χ1) is 60.7. The number of Topliss-reactive ketones (excluding diaryl/α,β-unsaturated/α-hetero) is 1. The van der Waals surface area contributed by atoms with Crippen LogP contribution in [0.15, 0.2) is 170 Å². The molecule has 17 N–H and O–H groups in total. The van der Waals surface area contributed by atoms with Crippen LogP contribution in [-0.2, 0) is 76.9 Å². The predicted molar refractivity (Wildman–Crippen MR) is 496 cm³/mol. The minimum atomic E-state index is -1.61. The third kappa shape index (κ3) is 23.5. The van der Waals surface area contributed by atoms with Gasteiger partial charge in [0.2, 0.25) is 41.4 Å². The Morgan fingerprint density at radius 3 is 1.50 bits per heavy atom. The Kier molecular flexibility index (Phi) is 31.8. The Hall–Kier alpha value is -10.3. The van der Waals surface area contributed by atoms with E-state index >= 15 is 33.6 Å². The highest BCUT2D eigenvalue weighted by molar-refractivity contribution is 7.99. The van der Waals surface area contributed by atoms with Gasteiger partial charge in [0, 0.05) is 145 Å². The van der Waals surface area contributed by atoms with E-state index in [2.05, 4.69) is 135 Å². The second-order valence-electron chi connectivity index (χ2n) is 35.3. The number of hydrogen-bond acceptors (Lipinski definition) is 16. The number of likely N-dealkylation sites (tertiary alicyclic amines) is 2. The second kappa shape index (κ2) is 43.7. The van der Waals surface area contributed by atoms with Gasteiger partial charge in [-0.15, -0.1) is 0 Å². The van der Waals surface area contributed by atoms with Gasteiger partial charge >= 0.3 is 0 Å². The molecule has 2 aliphatic carbocycles. The molecule has 0 bridgehead atoms. The number of amides is 7. The van der Waals surface area contributed by atoms with Gasteiger partial charge < -0.3 is 83.9 Å². The van der Waals surface area contributed by atoms with Crippen LogP contribution in [0.3, 0.4) is 0 Å². The first-order valence-corrected chi connectivity index (χ1v) is 47.3. The van der Waals surface area contributed by atoms with Crippen LogP contribution < -0.4 is 54.0 Å².